The molecule has 8 heteroatoms. The maximum absolute atomic E-state index is 13.3. The lowest BCUT2D eigenvalue weighted by atomic mass is 9.98. The standard InChI is InChI=1S/C20H26FN5S.HI/c1-20(2,3)18-26-15(12-27-18)11-25-19(22-4)23-8-7-13-10-24-17-9-14(21)5-6-16(13)17;/h5-6,9-10,12,24H,7-8,11H2,1-4H3,(H2,22,23,25);1H. The molecule has 28 heavy (non-hydrogen) atoms. The minimum atomic E-state index is -0.227. The molecule has 5 nitrogen and oxygen atoms in total. The van der Waals surface area contributed by atoms with Gasteiger partial charge in [0.1, 0.15) is 5.82 Å². The van der Waals surface area contributed by atoms with Gasteiger partial charge in [-0.1, -0.05) is 20.8 Å². The molecule has 152 valence electrons. The number of nitrogens with zero attached hydrogens (tertiary/aromatic N) is 2. The van der Waals surface area contributed by atoms with Gasteiger partial charge in [0.05, 0.1) is 17.2 Å². The average Bonchev–Trinajstić information content (AvgIpc) is 3.24. The summed E-state index contributed by atoms with van der Waals surface area (Å²) in [7, 11) is 1.76. The summed E-state index contributed by atoms with van der Waals surface area (Å²) in [6.45, 7) is 7.88. The molecule has 0 amide bonds. The number of guanidine groups is 1. The molecule has 0 saturated heterocycles. The van der Waals surface area contributed by atoms with Crippen LogP contribution >= 0.6 is 35.3 Å². The molecule has 2 heterocycles. The van der Waals surface area contributed by atoms with Crippen LogP contribution in [0.4, 0.5) is 4.39 Å². The highest BCUT2D eigenvalue weighted by Gasteiger charge is 2.17. The van der Waals surface area contributed by atoms with E-state index in [0.717, 1.165) is 46.1 Å². The first-order valence-corrected chi connectivity index (χ1v) is 9.89. The number of nitrogens with one attached hydrogen (secondary N) is 3. The SMILES string of the molecule is CN=C(NCCc1c[nH]c2cc(F)ccc12)NCc1csc(C(C)(C)C)n1.I. The van der Waals surface area contributed by atoms with Crippen molar-refractivity contribution in [2.75, 3.05) is 13.6 Å². The van der Waals surface area contributed by atoms with Crippen LogP contribution in [-0.2, 0) is 18.4 Å². The van der Waals surface area contributed by atoms with Crippen molar-refractivity contribution >= 4 is 52.2 Å². The summed E-state index contributed by atoms with van der Waals surface area (Å²) in [5, 5.41) is 10.9. The Morgan fingerprint density at radius 1 is 1.29 bits per heavy atom. The summed E-state index contributed by atoms with van der Waals surface area (Å²) in [5.41, 5.74) is 3.07. The van der Waals surface area contributed by atoms with Gasteiger partial charge in [-0.05, 0) is 30.2 Å². The molecule has 0 aliphatic heterocycles. The van der Waals surface area contributed by atoms with Gasteiger partial charge in [-0.15, -0.1) is 35.3 Å². The van der Waals surface area contributed by atoms with Gasteiger partial charge >= 0.3 is 0 Å². The average molecular weight is 515 g/mol. The third kappa shape index (κ3) is 5.66. The van der Waals surface area contributed by atoms with E-state index in [1.165, 1.54) is 12.1 Å². The van der Waals surface area contributed by atoms with E-state index in [2.05, 4.69) is 51.7 Å². The molecule has 0 radical (unpaired) electrons. The summed E-state index contributed by atoms with van der Waals surface area (Å²) in [5.74, 6) is 0.515. The Morgan fingerprint density at radius 3 is 2.75 bits per heavy atom. The van der Waals surface area contributed by atoms with Gasteiger partial charge in [0.25, 0.3) is 0 Å². The van der Waals surface area contributed by atoms with E-state index in [0.29, 0.717) is 6.54 Å². The molecule has 1 aromatic carbocycles. The Morgan fingerprint density at radius 2 is 2.07 bits per heavy atom. The third-order valence-corrected chi connectivity index (χ3v) is 5.59. The van der Waals surface area contributed by atoms with Crippen LogP contribution in [0.3, 0.4) is 0 Å². The second-order valence-electron chi connectivity index (χ2n) is 7.50. The number of rotatable bonds is 5. The quantitative estimate of drug-likeness (QED) is 0.265. The molecular weight excluding hydrogens is 488 g/mol. The molecule has 3 aromatic rings. The fourth-order valence-electron chi connectivity index (χ4n) is 2.81. The van der Waals surface area contributed by atoms with Gasteiger partial charge in [0, 0.05) is 41.5 Å². The maximum Gasteiger partial charge on any atom is 0.191 e. The zero-order valence-electron chi connectivity index (χ0n) is 16.6. The van der Waals surface area contributed by atoms with Gasteiger partial charge in [0.15, 0.2) is 5.96 Å². The van der Waals surface area contributed by atoms with E-state index in [1.54, 1.807) is 18.4 Å². The Balaban J connectivity index is 0.00000280. The molecular formula is C20H27FIN5S. The summed E-state index contributed by atoms with van der Waals surface area (Å²) in [6.07, 6.45) is 2.75. The second kappa shape index (κ2) is 9.69. The Labute approximate surface area is 186 Å². The molecule has 0 unspecified atom stereocenters. The number of hydrogen-bond donors (Lipinski definition) is 3. The zero-order chi connectivity index (χ0) is 19.4. The first-order chi connectivity index (χ1) is 12.9. The lowest BCUT2D eigenvalue weighted by Gasteiger charge is -2.14. The first-order valence-electron chi connectivity index (χ1n) is 9.02. The van der Waals surface area contributed by atoms with Gasteiger partial charge < -0.3 is 15.6 Å². The van der Waals surface area contributed by atoms with Crippen molar-refractivity contribution in [3.63, 3.8) is 0 Å². The number of fused-ring (bicyclic) bond motifs is 1. The van der Waals surface area contributed by atoms with Gasteiger partial charge in [-0.3, -0.25) is 4.99 Å². The topological polar surface area (TPSA) is 65.1 Å². The molecule has 0 aliphatic carbocycles. The fraction of sp³-hybridized carbons (Fsp3) is 0.400. The lowest BCUT2D eigenvalue weighted by Crippen LogP contribution is -2.37. The largest absolute Gasteiger partial charge is 0.361 e. The van der Waals surface area contributed by atoms with E-state index in [1.807, 2.05) is 12.3 Å². The number of aromatic amines is 1. The van der Waals surface area contributed by atoms with Crippen molar-refractivity contribution in [3.05, 3.63) is 51.9 Å². The van der Waals surface area contributed by atoms with E-state index in [4.69, 9.17) is 0 Å². The highest BCUT2D eigenvalue weighted by molar-refractivity contribution is 14.0. The number of thiazole rings is 1. The second-order valence-corrected chi connectivity index (χ2v) is 8.36. The van der Waals surface area contributed by atoms with Crippen LogP contribution in [-0.4, -0.2) is 29.5 Å². The number of hydrogen-bond acceptors (Lipinski definition) is 3. The van der Waals surface area contributed by atoms with Crippen LogP contribution in [0.25, 0.3) is 10.9 Å². The van der Waals surface area contributed by atoms with E-state index < -0.39 is 0 Å². The fourth-order valence-corrected chi connectivity index (χ4v) is 3.72. The zero-order valence-corrected chi connectivity index (χ0v) is 19.7. The smallest absolute Gasteiger partial charge is 0.191 e. The Kier molecular flexibility index (Phi) is 7.82. The van der Waals surface area contributed by atoms with E-state index in [9.17, 15) is 4.39 Å². The maximum atomic E-state index is 13.3. The minimum Gasteiger partial charge on any atom is -0.361 e. The Hall–Kier alpha value is -1.68. The molecule has 0 bridgehead atoms. The van der Waals surface area contributed by atoms with Gasteiger partial charge in [-0.25, -0.2) is 9.37 Å². The summed E-state index contributed by atoms with van der Waals surface area (Å²) in [6, 6.07) is 4.83. The minimum absolute atomic E-state index is 0. The first kappa shape index (κ1) is 22.6. The number of aliphatic imine (C=N–C) groups is 1. The number of halogens is 2. The molecule has 2 aromatic heterocycles. The van der Waals surface area contributed by atoms with E-state index >= 15 is 0 Å². The van der Waals surface area contributed by atoms with Crippen LogP contribution < -0.4 is 10.6 Å². The van der Waals surface area contributed by atoms with Crippen molar-refractivity contribution < 1.29 is 4.39 Å². The highest BCUT2D eigenvalue weighted by Crippen LogP contribution is 2.25. The van der Waals surface area contributed by atoms with Crippen LogP contribution in [0, 0.1) is 5.82 Å². The number of aromatic nitrogens is 2. The van der Waals surface area contributed by atoms with Crippen LogP contribution in [0.2, 0.25) is 0 Å². The van der Waals surface area contributed by atoms with Crippen molar-refractivity contribution in [3.8, 4) is 0 Å². The third-order valence-electron chi connectivity index (χ3n) is 4.27. The van der Waals surface area contributed by atoms with Crippen molar-refractivity contribution in [1.82, 2.24) is 20.6 Å². The number of H-pyrrole nitrogens is 1. The van der Waals surface area contributed by atoms with E-state index in [-0.39, 0.29) is 35.2 Å². The van der Waals surface area contributed by atoms with Crippen LogP contribution in [0.1, 0.15) is 37.0 Å². The predicted octanol–water partition coefficient (Wildman–Crippen LogP) is 4.59. The lowest BCUT2D eigenvalue weighted by molar-refractivity contribution is 0.582. The summed E-state index contributed by atoms with van der Waals surface area (Å²) in [4.78, 5) is 12.1. The molecule has 3 N–H and O–H groups in total. The van der Waals surface area contributed by atoms with Crippen LogP contribution in [0.15, 0.2) is 34.8 Å². The van der Waals surface area contributed by atoms with Crippen molar-refractivity contribution in [2.45, 2.75) is 39.2 Å². The monoisotopic (exact) mass is 515 g/mol. The van der Waals surface area contributed by atoms with Gasteiger partial charge in [0.2, 0.25) is 0 Å². The highest BCUT2D eigenvalue weighted by atomic mass is 127. The molecule has 0 spiro atoms. The van der Waals surface area contributed by atoms with Crippen LogP contribution in [0.5, 0.6) is 0 Å². The molecule has 0 saturated carbocycles. The normalized spacial score (nSPS) is 12.1. The summed E-state index contributed by atoms with van der Waals surface area (Å²) < 4.78 is 13.3. The summed E-state index contributed by atoms with van der Waals surface area (Å²) >= 11 is 1.69. The van der Waals surface area contributed by atoms with Gasteiger partial charge in [-0.2, -0.15) is 0 Å². The number of benzene rings is 1. The van der Waals surface area contributed by atoms with Crippen molar-refractivity contribution in [1.29, 1.82) is 0 Å². The molecule has 0 aliphatic rings. The molecule has 3 rings (SSSR count). The molecule has 0 atom stereocenters. The molecule has 0 fully saturated rings. The Bertz CT molecular complexity index is 942. The predicted molar refractivity (Wildman–Crippen MR) is 126 cm³/mol. The van der Waals surface area contributed by atoms with Crippen molar-refractivity contribution in [2.24, 2.45) is 4.99 Å².